The first-order chi connectivity index (χ1) is 16.0. The second kappa shape index (κ2) is 11.3. The molecule has 0 fully saturated rings. The molecule has 4 rings (SSSR count). The molecule has 168 valence electrons. The molecule has 4 aromatic rings. The van der Waals surface area contributed by atoms with Crippen LogP contribution in [0.4, 0.5) is 5.13 Å². The summed E-state index contributed by atoms with van der Waals surface area (Å²) in [7, 11) is 0. The van der Waals surface area contributed by atoms with Gasteiger partial charge in [-0.1, -0.05) is 106 Å². The van der Waals surface area contributed by atoms with Gasteiger partial charge in [0, 0.05) is 16.5 Å². The second-order valence-corrected chi connectivity index (χ2v) is 10.8. The molecule has 0 aliphatic heterocycles. The van der Waals surface area contributed by atoms with E-state index < -0.39 is 5.91 Å². The largest absolute Gasteiger partial charge is 0.295 e. The summed E-state index contributed by atoms with van der Waals surface area (Å²) in [5.41, 5.74) is 3.44. The van der Waals surface area contributed by atoms with Gasteiger partial charge in [0.25, 0.3) is 5.91 Å². The molecule has 0 spiro atoms. The highest BCUT2D eigenvalue weighted by atomic mass is 35.5. The van der Waals surface area contributed by atoms with Gasteiger partial charge in [0.05, 0.1) is 11.2 Å². The van der Waals surface area contributed by atoms with E-state index in [1.165, 1.54) is 46.6 Å². The van der Waals surface area contributed by atoms with Crippen molar-refractivity contribution < 1.29 is 4.79 Å². The van der Waals surface area contributed by atoms with E-state index in [1.807, 2.05) is 49.4 Å². The molecule has 1 N–H and O–H groups in total. The number of carbonyl (C=O) groups is 1. The van der Waals surface area contributed by atoms with Gasteiger partial charge in [-0.2, -0.15) is 0 Å². The summed E-state index contributed by atoms with van der Waals surface area (Å²) in [6, 6.07) is 15.8. The van der Waals surface area contributed by atoms with Crippen LogP contribution in [0.2, 0.25) is 10.0 Å². The number of thioether (sulfide) groups is 2. The summed E-state index contributed by atoms with van der Waals surface area (Å²) in [5, 5.41) is 12.6. The maximum atomic E-state index is 12.8. The van der Waals surface area contributed by atoms with Crippen molar-refractivity contribution in [3.63, 3.8) is 0 Å². The van der Waals surface area contributed by atoms with Crippen LogP contribution in [0.1, 0.15) is 27.2 Å². The third-order valence-corrected chi connectivity index (χ3v) is 7.92. The first kappa shape index (κ1) is 24.0. The quantitative estimate of drug-likeness (QED) is 0.152. The van der Waals surface area contributed by atoms with E-state index in [0.29, 0.717) is 31.2 Å². The van der Waals surface area contributed by atoms with Gasteiger partial charge in [0.1, 0.15) is 0 Å². The second-order valence-electron chi connectivity index (χ2n) is 6.83. The number of nitrogens with zero attached hydrogens (tertiary/aromatic N) is 4. The lowest BCUT2D eigenvalue weighted by molar-refractivity contribution is 0.102. The summed E-state index contributed by atoms with van der Waals surface area (Å²) in [5.74, 6) is 0.882. The fourth-order valence-electron chi connectivity index (χ4n) is 2.76. The molecule has 0 aliphatic rings. The Labute approximate surface area is 213 Å². The molecule has 0 saturated heterocycles. The standard InChI is InChI=1S/C22H17Cl2N5OS3/c1-13-5-4-6-14(9-13)11-31-20-25-10-17(24)18(26-20)19(30)27-21-28-29-22(33-21)32-12-15-7-2-3-8-16(15)23/h2-10H,11-12H2,1H3,(H,27,28,30). The van der Waals surface area contributed by atoms with E-state index in [4.69, 9.17) is 23.2 Å². The minimum Gasteiger partial charge on any atom is -0.295 e. The van der Waals surface area contributed by atoms with Crippen LogP contribution in [0, 0.1) is 6.92 Å². The van der Waals surface area contributed by atoms with Crippen molar-refractivity contribution >= 4 is 69.1 Å². The number of rotatable bonds is 8. The molecule has 2 aromatic carbocycles. The van der Waals surface area contributed by atoms with Crippen LogP contribution in [0.3, 0.4) is 0 Å². The summed E-state index contributed by atoms with van der Waals surface area (Å²) >= 11 is 16.6. The predicted octanol–water partition coefficient (Wildman–Crippen LogP) is 6.78. The van der Waals surface area contributed by atoms with Crippen molar-refractivity contribution in [1.82, 2.24) is 20.2 Å². The predicted molar refractivity (Wildman–Crippen MR) is 137 cm³/mol. The molecule has 0 bridgehead atoms. The number of aryl methyl sites for hydroxylation is 1. The number of aromatic nitrogens is 4. The van der Waals surface area contributed by atoms with E-state index in [-0.39, 0.29) is 10.7 Å². The number of hydrogen-bond donors (Lipinski definition) is 1. The number of hydrogen-bond acceptors (Lipinski definition) is 8. The van der Waals surface area contributed by atoms with E-state index >= 15 is 0 Å². The van der Waals surface area contributed by atoms with Gasteiger partial charge in [-0.3, -0.25) is 10.1 Å². The molecule has 0 aliphatic carbocycles. The van der Waals surface area contributed by atoms with Crippen LogP contribution in [-0.4, -0.2) is 26.1 Å². The zero-order valence-corrected chi connectivity index (χ0v) is 21.2. The number of amides is 1. The Hall–Kier alpha value is -2.17. The van der Waals surface area contributed by atoms with E-state index in [9.17, 15) is 4.79 Å². The average molecular weight is 535 g/mol. The van der Waals surface area contributed by atoms with Crippen molar-refractivity contribution in [2.45, 2.75) is 27.9 Å². The number of anilines is 1. The van der Waals surface area contributed by atoms with Crippen molar-refractivity contribution in [3.8, 4) is 0 Å². The molecule has 0 radical (unpaired) electrons. The summed E-state index contributed by atoms with van der Waals surface area (Å²) < 4.78 is 0.716. The number of nitrogens with one attached hydrogen (secondary N) is 1. The molecule has 6 nitrogen and oxygen atoms in total. The molecule has 1 amide bonds. The van der Waals surface area contributed by atoms with Crippen LogP contribution < -0.4 is 5.32 Å². The molecule has 0 unspecified atom stereocenters. The summed E-state index contributed by atoms with van der Waals surface area (Å²) in [6.07, 6.45) is 1.44. The molecule has 0 atom stereocenters. The Balaban J connectivity index is 1.38. The first-order valence-corrected chi connectivity index (χ1v) is 13.2. The van der Waals surface area contributed by atoms with Gasteiger partial charge >= 0.3 is 0 Å². The summed E-state index contributed by atoms with van der Waals surface area (Å²) in [4.78, 5) is 21.3. The Kier molecular flexibility index (Phi) is 8.21. The fraction of sp³-hybridized carbons (Fsp3) is 0.136. The molecular weight excluding hydrogens is 517 g/mol. The van der Waals surface area contributed by atoms with Gasteiger partial charge in [-0.15, -0.1) is 10.2 Å². The molecule has 33 heavy (non-hydrogen) atoms. The molecule has 0 saturated carbocycles. The van der Waals surface area contributed by atoms with Crippen LogP contribution in [-0.2, 0) is 11.5 Å². The Morgan fingerprint density at radius 2 is 1.88 bits per heavy atom. The van der Waals surface area contributed by atoms with E-state index in [2.05, 4.69) is 31.5 Å². The zero-order chi connectivity index (χ0) is 23.2. The van der Waals surface area contributed by atoms with Crippen molar-refractivity contribution in [1.29, 1.82) is 0 Å². The maximum absolute atomic E-state index is 12.8. The van der Waals surface area contributed by atoms with Crippen LogP contribution in [0.5, 0.6) is 0 Å². The van der Waals surface area contributed by atoms with Crippen molar-refractivity contribution in [2.24, 2.45) is 0 Å². The van der Waals surface area contributed by atoms with Crippen LogP contribution in [0.15, 0.2) is 64.2 Å². The first-order valence-electron chi connectivity index (χ1n) is 9.70. The molecule has 2 aromatic heterocycles. The normalized spacial score (nSPS) is 10.9. The van der Waals surface area contributed by atoms with Crippen LogP contribution in [0.25, 0.3) is 0 Å². The highest BCUT2D eigenvalue weighted by Crippen LogP contribution is 2.31. The van der Waals surface area contributed by atoms with Crippen molar-refractivity contribution in [3.05, 3.63) is 87.2 Å². The fourth-order valence-corrected chi connectivity index (χ4v) is 5.73. The number of benzene rings is 2. The van der Waals surface area contributed by atoms with Gasteiger partial charge < -0.3 is 0 Å². The number of halogens is 2. The zero-order valence-electron chi connectivity index (χ0n) is 17.3. The number of carbonyl (C=O) groups excluding carboxylic acids is 1. The topological polar surface area (TPSA) is 80.7 Å². The Morgan fingerprint density at radius 3 is 2.70 bits per heavy atom. The lowest BCUT2D eigenvalue weighted by Gasteiger charge is -2.06. The monoisotopic (exact) mass is 533 g/mol. The van der Waals surface area contributed by atoms with Gasteiger partial charge in [0.15, 0.2) is 15.2 Å². The lowest BCUT2D eigenvalue weighted by atomic mass is 10.2. The van der Waals surface area contributed by atoms with Crippen molar-refractivity contribution in [2.75, 3.05) is 5.32 Å². The Bertz CT molecular complexity index is 1280. The van der Waals surface area contributed by atoms with E-state index in [0.717, 1.165) is 11.1 Å². The van der Waals surface area contributed by atoms with Gasteiger partial charge in [-0.25, -0.2) is 9.97 Å². The molecule has 2 heterocycles. The van der Waals surface area contributed by atoms with Gasteiger partial charge in [0.2, 0.25) is 5.13 Å². The minimum atomic E-state index is -0.460. The average Bonchev–Trinajstić information content (AvgIpc) is 3.25. The summed E-state index contributed by atoms with van der Waals surface area (Å²) in [6.45, 7) is 2.05. The smallest absolute Gasteiger partial charge is 0.277 e. The minimum absolute atomic E-state index is 0.0962. The molecular formula is C22H17Cl2N5OS3. The lowest BCUT2D eigenvalue weighted by Crippen LogP contribution is -2.15. The van der Waals surface area contributed by atoms with Crippen LogP contribution >= 0.6 is 58.1 Å². The highest BCUT2D eigenvalue weighted by Gasteiger charge is 2.17. The molecule has 11 heteroatoms. The maximum Gasteiger partial charge on any atom is 0.277 e. The highest BCUT2D eigenvalue weighted by molar-refractivity contribution is 8.00. The SMILES string of the molecule is Cc1cccc(CSc2ncc(Cl)c(C(=O)Nc3nnc(SCc4ccccc4Cl)s3)n2)c1. The van der Waals surface area contributed by atoms with E-state index in [1.54, 1.807) is 0 Å². The Morgan fingerprint density at radius 1 is 1.03 bits per heavy atom. The van der Waals surface area contributed by atoms with Gasteiger partial charge in [-0.05, 0) is 24.1 Å². The third-order valence-electron chi connectivity index (χ3n) is 4.32. The third kappa shape index (κ3) is 6.68.